The number of nitrogens with zero attached hydrogens (tertiary/aromatic N) is 1. The number of carbonyl (C=O) groups is 1. The number of aliphatic hydroxyl groups excluding tert-OH is 2. The van der Waals surface area contributed by atoms with Gasteiger partial charge in [-0.25, -0.2) is 9.18 Å². The van der Waals surface area contributed by atoms with Gasteiger partial charge in [-0.3, -0.25) is 19.1 Å². The van der Waals surface area contributed by atoms with Crippen LogP contribution in [0, 0.1) is 0 Å². The Morgan fingerprint density at radius 2 is 2.23 bits per heavy atom. The molecule has 22 heavy (non-hydrogen) atoms. The Morgan fingerprint density at radius 1 is 1.55 bits per heavy atom. The molecular formula is C13H15FN2O6. The molecule has 0 aliphatic carbocycles. The Bertz CT molecular complexity index is 709. The van der Waals surface area contributed by atoms with Gasteiger partial charge in [0.05, 0.1) is 12.2 Å². The zero-order valence-electron chi connectivity index (χ0n) is 11.6. The summed E-state index contributed by atoms with van der Waals surface area (Å²) in [6, 6.07) is 0. The second kappa shape index (κ2) is 6.34. The number of alkyl halides is 1. The number of aromatic amines is 1. The number of ether oxygens (including phenoxy) is 1. The molecule has 3 N–H and O–H groups in total. The number of hydrogen-bond donors (Lipinski definition) is 3. The quantitative estimate of drug-likeness (QED) is 0.596. The van der Waals surface area contributed by atoms with E-state index in [2.05, 4.69) is 0 Å². The van der Waals surface area contributed by atoms with E-state index in [1.165, 1.54) is 13.0 Å². The van der Waals surface area contributed by atoms with Gasteiger partial charge in [0, 0.05) is 6.20 Å². The summed E-state index contributed by atoms with van der Waals surface area (Å²) >= 11 is 0. The van der Waals surface area contributed by atoms with Crippen LogP contribution in [-0.4, -0.2) is 50.5 Å². The van der Waals surface area contributed by atoms with E-state index in [0.717, 1.165) is 16.8 Å². The molecule has 0 amide bonds. The van der Waals surface area contributed by atoms with Crippen LogP contribution in [0.1, 0.15) is 18.7 Å². The molecule has 2 unspecified atom stereocenters. The summed E-state index contributed by atoms with van der Waals surface area (Å²) in [6.45, 7) is 0.661. The Balaban J connectivity index is 2.44. The second-order valence-electron chi connectivity index (χ2n) is 4.88. The first-order valence-electron chi connectivity index (χ1n) is 6.47. The topological polar surface area (TPSA) is 122 Å². The summed E-state index contributed by atoms with van der Waals surface area (Å²) in [5, 5.41) is 18.6. The fourth-order valence-electron chi connectivity index (χ4n) is 2.09. The average Bonchev–Trinajstić information content (AvgIpc) is 2.74. The predicted molar refractivity (Wildman–Crippen MR) is 72.9 cm³/mol. The van der Waals surface area contributed by atoms with Crippen molar-refractivity contribution in [3.63, 3.8) is 0 Å². The van der Waals surface area contributed by atoms with Gasteiger partial charge in [-0.1, -0.05) is 0 Å². The van der Waals surface area contributed by atoms with Crippen LogP contribution in [0.2, 0.25) is 0 Å². The van der Waals surface area contributed by atoms with Crippen LogP contribution in [0.15, 0.2) is 21.9 Å². The van der Waals surface area contributed by atoms with Crippen LogP contribution >= 0.6 is 0 Å². The van der Waals surface area contributed by atoms with Crippen LogP contribution < -0.4 is 11.2 Å². The van der Waals surface area contributed by atoms with Gasteiger partial charge in [-0.15, -0.1) is 0 Å². The Hall–Kier alpha value is -2.10. The number of halogens is 1. The average molecular weight is 314 g/mol. The van der Waals surface area contributed by atoms with Crippen molar-refractivity contribution >= 4 is 11.9 Å². The summed E-state index contributed by atoms with van der Waals surface area (Å²) in [5.41, 5.74) is -1.72. The van der Waals surface area contributed by atoms with Crippen molar-refractivity contribution in [2.75, 3.05) is 6.61 Å². The molecule has 1 aromatic heterocycles. The number of allylic oxidation sites excluding steroid dienone is 1. The van der Waals surface area contributed by atoms with E-state index in [0.29, 0.717) is 0 Å². The maximum absolute atomic E-state index is 14.0. The van der Waals surface area contributed by atoms with Crippen molar-refractivity contribution in [3.8, 4) is 0 Å². The van der Waals surface area contributed by atoms with Crippen LogP contribution in [0.3, 0.4) is 0 Å². The summed E-state index contributed by atoms with van der Waals surface area (Å²) < 4.78 is 19.9. The number of carbonyl (C=O) groups excluding carboxylic acids is 1. The monoisotopic (exact) mass is 314 g/mol. The number of rotatable bonds is 4. The van der Waals surface area contributed by atoms with Crippen molar-refractivity contribution in [1.82, 2.24) is 9.55 Å². The molecule has 2 rings (SSSR count). The molecule has 0 radical (unpaired) electrons. The summed E-state index contributed by atoms with van der Waals surface area (Å²) in [7, 11) is 0. The van der Waals surface area contributed by atoms with E-state index in [-0.39, 0.29) is 11.3 Å². The lowest BCUT2D eigenvalue weighted by Gasteiger charge is -2.16. The van der Waals surface area contributed by atoms with Gasteiger partial charge in [0.15, 0.2) is 18.2 Å². The third-order valence-corrected chi connectivity index (χ3v) is 3.24. The highest BCUT2D eigenvalue weighted by Crippen LogP contribution is 2.30. The summed E-state index contributed by atoms with van der Waals surface area (Å²) in [6.07, 6.45) is -2.87. The number of nitrogens with one attached hydrogen (secondary N) is 1. The lowest BCUT2D eigenvalue weighted by molar-refractivity contribution is -0.112. The number of aliphatic hydroxyl groups is 2. The van der Waals surface area contributed by atoms with Crippen molar-refractivity contribution in [3.05, 3.63) is 38.7 Å². The Morgan fingerprint density at radius 3 is 2.77 bits per heavy atom. The highest BCUT2D eigenvalue weighted by Gasteiger charge is 2.45. The van der Waals surface area contributed by atoms with Gasteiger partial charge < -0.3 is 14.9 Å². The second-order valence-corrected chi connectivity index (χ2v) is 4.88. The maximum Gasteiger partial charge on any atom is 0.330 e. The van der Waals surface area contributed by atoms with E-state index in [9.17, 15) is 23.9 Å². The molecule has 1 aliphatic rings. The van der Waals surface area contributed by atoms with E-state index in [1.807, 2.05) is 4.98 Å². The molecule has 0 saturated carbocycles. The highest BCUT2D eigenvalue weighted by molar-refractivity contribution is 5.91. The van der Waals surface area contributed by atoms with E-state index in [4.69, 9.17) is 9.84 Å². The predicted octanol–water partition coefficient (Wildman–Crippen LogP) is -1.27. The summed E-state index contributed by atoms with van der Waals surface area (Å²) in [5.74, 6) is -0.312. The Labute approximate surface area is 123 Å². The lowest BCUT2D eigenvalue weighted by Crippen LogP contribution is -2.36. The fourth-order valence-corrected chi connectivity index (χ4v) is 2.09. The molecule has 120 valence electrons. The zero-order chi connectivity index (χ0) is 16.4. The number of H-pyrrole nitrogens is 1. The molecule has 1 aromatic rings. The van der Waals surface area contributed by atoms with E-state index in [1.54, 1.807) is 0 Å². The van der Waals surface area contributed by atoms with Gasteiger partial charge in [0.2, 0.25) is 0 Å². The summed E-state index contributed by atoms with van der Waals surface area (Å²) in [4.78, 5) is 36.3. The first kappa shape index (κ1) is 16.3. The minimum absolute atomic E-state index is 0.0486. The minimum Gasteiger partial charge on any atom is -0.394 e. The molecular weight excluding hydrogens is 299 g/mol. The van der Waals surface area contributed by atoms with Crippen molar-refractivity contribution in [2.24, 2.45) is 0 Å². The SMILES string of the molecule is CC(=O)/C=C\c1cn([C@@H]2O[C@H](CO)C(O)C2F)c(=O)[nH]c1=O. The van der Waals surface area contributed by atoms with Gasteiger partial charge in [0.1, 0.15) is 12.2 Å². The van der Waals surface area contributed by atoms with Gasteiger partial charge >= 0.3 is 5.69 Å². The van der Waals surface area contributed by atoms with Crippen LogP contribution in [0.25, 0.3) is 6.08 Å². The molecule has 1 saturated heterocycles. The minimum atomic E-state index is -1.95. The van der Waals surface area contributed by atoms with Crippen molar-refractivity contribution in [2.45, 2.75) is 31.5 Å². The first-order valence-corrected chi connectivity index (χ1v) is 6.47. The molecule has 1 fully saturated rings. The smallest absolute Gasteiger partial charge is 0.330 e. The Kier molecular flexibility index (Phi) is 4.69. The molecule has 2 heterocycles. The zero-order valence-corrected chi connectivity index (χ0v) is 11.6. The third kappa shape index (κ3) is 3.06. The van der Waals surface area contributed by atoms with Crippen LogP contribution in [0.5, 0.6) is 0 Å². The largest absolute Gasteiger partial charge is 0.394 e. The van der Waals surface area contributed by atoms with Gasteiger partial charge in [0.25, 0.3) is 5.56 Å². The molecule has 0 spiro atoms. The molecule has 0 bridgehead atoms. The molecule has 0 aromatic carbocycles. The van der Waals surface area contributed by atoms with Crippen molar-refractivity contribution < 1.29 is 24.1 Å². The normalized spacial score (nSPS) is 28.4. The van der Waals surface area contributed by atoms with Gasteiger partial charge in [-0.2, -0.15) is 0 Å². The van der Waals surface area contributed by atoms with Crippen molar-refractivity contribution in [1.29, 1.82) is 0 Å². The highest BCUT2D eigenvalue weighted by atomic mass is 19.1. The molecule has 8 nitrogen and oxygen atoms in total. The van der Waals surface area contributed by atoms with Gasteiger partial charge in [-0.05, 0) is 19.1 Å². The number of ketones is 1. The number of aromatic nitrogens is 2. The van der Waals surface area contributed by atoms with E-state index < -0.39 is 42.5 Å². The molecule has 4 atom stereocenters. The molecule has 1 aliphatic heterocycles. The maximum atomic E-state index is 14.0. The fraction of sp³-hybridized carbons (Fsp3) is 0.462. The number of hydrogen-bond acceptors (Lipinski definition) is 6. The van der Waals surface area contributed by atoms with Crippen LogP contribution in [0.4, 0.5) is 4.39 Å². The standard InChI is InChI=1S/C13H15FN2O6/c1-6(18)2-3-7-4-16(13(21)15-11(7)20)12-9(14)10(19)8(5-17)22-12/h2-4,8-10,12,17,19H,5H2,1H3,(H,15,20,21)/b3-2-/t8-,9?,10?,12-/m1/s1. The lowest BCUT2D eigenvalue weighted by atomic mass is 10.1. The van der Waals surface area contributed by atoms with Crippen LogP contribution in [-0.2, 0) is 9.53 Å². The first-order chi connectivity index (χ1) is 10.3. The third-order valence-electron chi connectivity index (χ3n) is 3.24. The van der Waals surface area contributed by atoms with E-state index >= 15 is 0 Å². The molecule has 9 heteroatoms.